The van der Waals surface area contributed by atoms with Gasteiger partial charge in [0.15, 0.2) is 0 Å². The zero-order chi connectivity index (χ0) is 11.0. The molecule has 2 aliphatic carbocycles. The van der Waals surface area contributed by atoms with Crippen LogP contribution < -0.4 is 0 Å². The molecule has 3 aliphatic rings. The predicted octanol–water partition coefficient (Wildman–Crippen LogP) is 2.83. The Hall–Kier alpha value is -0.530. The van der Waals surface area contributed by atoms with Crippen molar-refractivity contribution < 1.29 is 4.79 Å². The smallest absolute Gasteiger partial charge is 0.225 e. The summed E-state index contributed by atoms with van der Waals surface area (Å²) >= 11 is 0. The van der Waals surface area contributed by atoms with Crippen LogP contribution in [0.1, 0.15) is 51.4 Å². The van der Waals surface area contributed by atoms with Crippen molar-refractivity contribution in [2.75, 3.05) is 13.1 Å². The quantitative estimate of drug-likeness (QED) is 0.666. The lowest BCUT2D eigenvalue weighted by Gasteiger charge is -2.24. The van der Waals surface area contributed by atoms with Gasteiger partial charge in [0.25, 0.3) is 0 Å². The SMILES string of the molecule is O=C(C1CC2CCCCC2C1)N1CCCC1. The van der Waals surface area contributed by atoms with Gasteiger partial charge in [0.05, 0.1) is 0 Å². The first-order chi connectivity index (χ1) is 7.84. The minimum Gasteiger partial charge on any atom is -0.342 e. The van der Waals surface area contributed by atoms with Crippen molar-refractivity contribution in [3.63, 3.8) is 0 Å². The summed E-state index contributed by atoms with van der Waals surface area (Å²) in [6, 6.07) is 0. The first-order valence-electron chi connectivity index (χ1n) is 7.13. The lowest BCUT2D eigenvalue weighted by molar-refractivity contribution is -0.134. The van der Waals surface area contributed by atoms with Gasteiger partial charge in [-0.05, 0) is 37.5 Å². The highest BCUT2D eigenvalue weighted by molar-refractivity contribution is 5.79. The summed E-state index contributed by atoms with van der Waals surface area (Å²) in [5, 5.41) is 0. The Morgan fingerprint density at radius 1 is 0.875 bits per heavy atom. The molecule has 2 heteroatoms. The van der Waals surface area contributed by atoms with Gasteiger partial charge in [-0.25, -0.2) is 0 Å². The summed E-state index contributed by atoms with van der Waals surface area (Å²) < 4.78 is 0. The molecule has 2 saturated carbocycles. The lowest BCUT2D eigenvalue weighted by Crippen LogP contribution is -2.32. The van der Waals surface area contributed by atoms with E-state index in [-0.39, 0.29) is 0 Å². The largest absolute Gasteiger partial charge is 0.342 e. The topological polar surface area (TPSA) is 20.3 Å². The number of carbonyl (C=O) groups excluding carboxylic acids is 1. The number of hydrogen-bond acceptors (Lipinski definition) is 1. The fraction of sp³-hybridized carbons (Fsp3) is 0.929. The maximum atomic E-state index is 12.3. The van der Waals surface area contributed by atoms with Gasteiger partial charge >= 0.3 is 0 Å². The van der Waals surface area contributed by atoms with Gasteiger partial charge in [-0.3, -0.25) is 4.79 Å². The maximum absolute atomic E-state index is 12.3. The molecular weight excluding hydrogens is 198 g/mol. The van der Waals surface area contributed by atoms with E-state index in [0.717, 1.165) is 24.9 Å². The summed E-state index contributed by atoms with van der Waals surface area (Å²) in [6.07, 6.45) is 10.5. The van der Waals surface area contributed by atoms with E-state index in [2.05, 4.69) is 4.90 Å². The third-order valence-electron chi connectivity index (χ3n) is 5.01. The Labute approximate surface area is 98.4 Å². The van der Waals surface area contributed by atoms with Crippen molar-refractivity contribution in [1.29, 1.82) is 0 Å². The van der Waals surface area contributed by atoms with Crippen LogP contribution in [0.4, 0.5) is 0 Å². The molecule has 2 unspecified atom stereocenters. The van der Waals surface area contributed by atoms with E-state index in [9.17, 15) is 4.79 Å². The van der Waals surface area contributed by atoms with Crippen LogP contribution in [-0.2, 0) is 4.79 Å². The van der Waals surface area contributed by atoms with Gasteiger partial charge in [-0.2, -0.15) is 0 Å². The molecule has 16 heavy (non-hydrogen) atoms. The molecule has 0 bridgehead atoms. The molecule has 0 aromatic carbocycles. The van der Waals surface area contributed by atoms with E-state index in [1.54, 1.807) is 0 Å². The van der Waals surface area contributed by atoms with Gasteiger partial charge in [0.2, 0.25) is 5.91 Å². The molecule has 90 valence electrons. The van der Waals surface area contributed by atoms with Gasteiger partial charge in [0.1, 0.15) is 0 Å². The minimum atomic E-state index is 0.395. The molecule has 0 aromatic heterocycles. The van der Waals surface area contributed by atoms with Crippen LogP contribution in [0, 0.1) is 17.8 Å². The molecule has 0 aromatic rings. The second-order valence-electron chi connectivity index (χ2n) is 6.01. The van der Waals surface area contributed by atoms with E-state index in [1.807, 2.05) is 0 Å². The zero-order valence-corrected chi connectivity index (χ0v) is 10.2. The highest BCUT2D eigenvalue weighted by atomic mass is 16.2. The van der Waals surface area contributed by atoms with E-state index in [4.69, 9.17) is 0 Å². The summed E-state index contributed by atoms with van der Waals surface area (Å²) in [4.78, 5) is 14.4. The minimum absolute atomic E-state index is 0.395. The van der Waals surface area contributed by atoms with Crippen LogP contribution in [0.2, 0.25) is 0 Å². The van der Waals surface area contributed by atoms with Crippen LogP contribution in [0.15, 0.2) is 0 Å². The van der Waals surface area contributed by atoms with E-state index in [1.165, 1.54) is 51.4 Å². The molecule has 3 rings (SSSR count). The van der Waals surface area contributed by atoms with Gasteiger partial charge in [-0.1, -0.05) is 25.7 Å². The van der Waals surface area contributed by atoms with Crippen LogP contribution >= 0.6 is 0 Å². The van der Waals surface area contributed by atoms with Gasteiger partial charge in [-0.15, -0.1) is 0 Å². The molecule has 1 aliphatic heterocycles. The first-order valence-corrected chi connectivity index (χ1v) is 7.13. The van der Waals surface area contributed by atoms with E-state index >= 15 is 0 Å². The van der Waals surface area contributed by atoms with Gasteiger partial charge < -0.3 is 4.90 Å². The van der Waals surface area contributed by atoms with Crippen molar-refractivity contribution in [3.8, 4) is 0 Å². The molecule has 1 saturated heterocycles. The Morgan fingerprint density at radius 2 is 1.44 bits per heavy atom. The number of carbonyl (C=O) groups is 1. The number of fused-ring (bicyclic) bond motifs is 1. The van der Waals surface area contributed by atoms with Crippen LogP contribution in [-0.4, -0.2) is 23.9 Å². The molecule has 1 heterocycles. The van der Waals surface area contributed by atoms with Crippen molar-refractivity contribution in [3.05, 3.63) is 0 Å². The number of hydrogen-bond donors (Lipinski definition) is 0. The standard InChI is InChI=1S/C14H23NO/c16-14(15-7-3-4-8-15)13-9-11-5-1-2-6-12(11)10-13/h11-13H,1-10H2. The molecule has 1 amide bonds. The molecule has 0 N–H and O–H groups in total. The Bertz CT molecular complexity index is 256. The van der Waals surface area contributed by atoms with E-state index in [0.29, 0.717) is 11.8 Å². The maximum Gasteiger partial charge on any atom is 0.225 e. The summed E-state index contributed by atoms with van der Waals surface area (Å²) in [5.41, 5.74) is 0. The summed E-state index contributed by atoms with van der Waals surface area (Å²) in [6.45, 7) is 2.06. The molecule has 3 fully saturated rings. The molecular formula is C14H23NO. The molecule has 2 nitrogen and oxygen atoms in total. The Kier molecular flexibility index (Phi) is 2.91. The van der Waals surface area contributed by atoms with E-state index < -0.39 is 0 Å². The fourth-order valence-corrected chi connectivity index (χ4v) is 4.13. The third kappa shape index (κ3) is 1.87. The van der Waals surface area contributed by atoms with Crippen molar-refractivity contribution in [2.24, 2.45) is 17.8 Å². The summed E-state index contributed by atoms with van der Waals surface area (Å²) in [7, 11) is 0. The first kappa shape index (κ1) is 10.6. The average molecular weight is 221 g/mol. The van der Waals surface area contributed by atoms with Gasteiger partial charge in [0, 0.05) is 19.0 Å². The summed E-state index contributed by atoms with van der Waals surface area (Å²) in [5.74, 6) is 2.67. The highest BCUT2D eigenvalue weighted by Gasteiger charge is 2.40. The van der Waals surface area contributed by atoms with Crippen LogP contribution in [0.25, 0.3) is 0 Å². The number of nitrogens with zero attached hydrogens (tertiary/aromatic N) is 1. The highest BCUT2D eigenvalue weighted by Crippen LogP contribution is 2.45. The molecule has 2 atom stereocenters. The second-order valence-corrected chi connectivity index (χ2v) is 6.01. The zero-order valence-electron chi connectivity index (χ0n) is 10.2. The monoisotopic (exact) mass is 221 g/mol. The Morgan fingerprint density at radius 3 is 2.00 bits per heavy atom. The number of likely N-dealkylation sites (tertiary alicyclic amines) is 1. The van der Waals surface area contributed by atoms with Crippen molar-refractivity contribution in [2.45, 2.75) is 51.4 Å². The Balaban J connectivity index is 1.61. The molecule has 0 spiro atoms. The number of rotatable bonds is 1. The fourth-order valence-electron chi connectivity index (χ4n) is 4.13. The normalized spacial score (nSPS) is 38.8. The lowest BCUT2D eigenvalue weighted by atomic mass is 9.82. The molecule has 0 radical (unpaired) electrons. The second kappa shape index (κ2) is 4.38. The van der Waals surface area contributed by atoms with Crippen LogP contribution in [0.3, 0.4) is 0 Å². The van der Waals surface area contributed by atoms with Crippen molar-refractivity contribution >= 4 is 5.91 Å². The van der Waals surface area contributed by atoms with Crippen molar-refractivity contribution in [1.82, 2.24) is 4.90 Å². The third-order valence-corrected chi connectivity index (χ3v) is 5.01. The predicted molar refractivity (Wildman–Crippen MR) is 64.0 cm³/mol. The number of amides is 1. The average Bonchev–Trinajstić information content (AvgIpc) is 2.97. The van der Waals surface area contributed by atoms with Crippen LogP contribution in [0.5, 0.6) is 0 Å².